The molecule has 0 spiro atoms. The van der Waals surface area contributed by atoms with E-state index in [1.165, 1.54) is 19.2 Å². The first-order chi connectivity index (χ1) is 14.6. The van der Waals surface area contributed by atoms with Gasteiger partial charge in [-0.2, -0.15) is 0 Å². The second-order valence-electron chi connectivity index (χ2n) is 6.87. The van der Waals surface area contributed by atoms with Gasteiger partial charge >= 0.3 is 5.69 Å². The maximum atomic E-state index is 13.3. The molecule has 7 nitrogen and oxygen atoms in total. The molecule has 0 bridgehead atoms. The van der Waals surface area contributed by atoms with Crippen molar-refractivity contribution in [3.63, 3.8) is 0 Å². The number of amides is 1. The molecule has 1 aliphatic rings. The van der Waals surface area contributed by atoms with Crippen LogP contribution < -0.4 is 14.4 Å². The maximum absolute atomic E-state index is 13.3. The van der Waals surface area contributed by atoms with Crippen molar-refractivity contribution >= 4 is 23.0 Å². The molecule has 1 heterocycles. The molecule has 0 N–H and O–H groups in total. The number of carbonyl (C=O) groups is 1. The smallest absolute Gasteiger partial charge is 0.314 e. The first-order valence-corrected chi connectivity index (χ1v) is 9.52. The van der Waals surface area contributed by atoms with Crippen LogP contribution in [0.1, 0.15) is 11.1 Å². The molecular weight excluding hydrogens is 384 g/mol. The van der Waals surface area contributed by atoms with E-state index in [1.807, 2.05) is 48.5 Å². The Bertz CT molecular complexity index is 1060. The van der Waals surface area contributed by atoms with E-state index in [1.54, 1.807) is 11.0 Å². The maximum Gasteiger partial charge on any atom is 0.314 e. The number of para-hydroxylation sites is 2. The average Bonchev–Trinajstić information content (AvgIpc) is 2.94. The summed E-state index contributed by atoms with van der Waals surface area (Å²) in [5.41, 5.74) is 3.49. The summed E-state index contributed by atoms with van der Waals surface area (Å²) in [6.45, 7) is -0.337. The van der Waals surface area contributed by atoms with Gasteiger partial charge in [0.15, 0.2) is 12.4 Å². The minimum absolute atomic E-state index is 0.0190. The third-order valence-corrected chi connectivity index (χ3v) is 5.09. The van der Waals surface area contributed by atoms with Crippen molar-refractivity contribution in [2.24, 2.45) is 0 Å². The molecule has 0 aliphatic carbocycles. The highest BCUT2D eigenvalue weighted by molar-refractivity contribution is 6.03. The molecule has 3 aromatic carbocycles. The minimum atomic E-state index is -0.557. The molecule has 0 saturated carbocycles. The predicted molar refractivity (Wildman–Crippen MR) is 113 cm³/mol. The molecule has 0 aromatic heterocycles. The summed E-state index contributed by atoms with van der Waals surface area (Å²) in [7, 11) is 1.43. The first-order valence-electron chi connectivity index (χ1n) is 9.52. The van der Waals surface area contributed by atoms with Gasteiger partial charge in [-0.05, 0) is 48.2 Å². The molecule has 0 unspecified atom stereocenters. The van der Waals surface area contributed by atoms with Gasteiger partial charge in [0.2, 0.25) is 0 Å². The normalized spacial score (nSPS) is 12.4. The van der Waals surface area contributed by atoms with E-state index in [0.717, 1.165) is 35.3 Å². The molecule has 1 amide bonds. The van der Waals surface area contributed by atoms with Crippen LogP contribution in [-0.2, 0) is 17.6 Å². The Labute approximate surface area is 173 Å². The van der Waals surface area contributed by atoms with Gasteiger partial charge in [-0.15, -0.1) is 0 Å². The summed E-state index contributed by atoms with van der Waals surface area (Å²) in [5.74, 6) is 0.0585. The number of methoxy groups -OCH3 is 1. The molecule has 1 aliphatic heterocycles. The quantitative estimate of drug-likeness (QED) is 0.464. The Balaban J connectivity index is 1.65. The lowest BCUT2D eigenvalue weighted by Gasteiger charge is -2.25. The summed E-state index contributed by atoms with van der Waals surface area (Å²) in [6.07, 6.45) is 1.64. The minimum Gasteiger partial charge on any atom is -0.496 e. The summed E-state index contributed by atoms with van der Waals surface area (Å²) in [6, 6.07) is 19.8. The van der Waals surface area contributed by atoms with Crippen LogP contribution in [0, 0.1) is 10.1 Å². The van der Waals surface area contributed by atoms with Crippen molar-refractivity contribution in [3.8, 4) is 11.5 Å². The van der Waals surface area contributed by atoms with E-state index in [0.29, 0.717) is 5.75 Å². The fourth-order valence-electron chi connectivity index (χ4n) is 3.64. The molecule has 4 rings (SSSR count). The van der Waals surface area contributed by atoms with E-state index in [-0.39, 0.29) is 24.0 Å². The zero-order valence-electron chi connectivity index (χ0n) is 16.4. The highest BCUT2D eigenvalue weighted by atomic mass is 16.6. The molecule has 30 heavy (non-hydrogen) atoms. The highest BCUT2D eigenvalue weighted by Gasteiger charge is 2.26. The van der Waals surface area contributed by atoms with Gasteiger partial charge in [0, 0.05) is 0 Å². The Morgan fingerprint density at radius 2 is 1.60 bits per heavy atom. The van der Waals surface area contributed by atoms with Crippen LogP contribution in [0.25, 0.3) is 0 Å². The van der Waals surface area contributed by atoms with Gasteiger partial charge in [-0.1, -0.05) is 36.4 Å². The molecule has 152 valence electrons. The first kappa shape index (κ1) is 19.4. The second-order valence-corrected chi connectivity index (χ2v) is 6.87. The van der Waals surface area contributed by atoms with E-state index >= 15 is 0 Å². The summed E-state index contributed by atoms with van der Waals surface area (Å²) >= 11 is 0. The standard InChI is InChI=1S/C23H20N2O5/c1-29-18-12-13-22(21(14-18)25(27)28)30-15-23(26)24-19-8-4-2-6-16(19)10-11-17-7-3-5-9-20(17)24/h2-9,12-14H,10-11,15H2,1H3. The predicted octanol–water partition coefficient (Wildman–Crippen LogP) is 4.45. The van der Waals surface area contributed by atoms with E-state index in [2.05, 4.69) is 0 Å². The van der Waals surface area contributed by atoms with Gasteiger partial charge < -0.3 is 9.47 Å². The fraction of sp³-hybridized carbons (Fsp3) is 0.174. The summed E-state index contributed by atoms with van der Waals surface area (Å²) < 4.78 is 10.6. The number of nitro groups is 1. The van der Waals surface area contributed by atoms with Crippen LogP contribution >= 0.6 is 0 Å². The van der Waals surface area contributed by atoms with Crippen molar-refractivity contribution < 1.29 is 19.2 Å². The lowest BCUT2D eigenvalue weighted by atomic mass is 10.0. The van der Waals surface area contributed by atoms with E-state index in [9.17, 15) is 14.9 Å². The number of benzene rings is 3. The van der Waals surface area contributed by atoms with Gasteiger partial charge in [0.05, 0.1) is 29.5 Å². The summed E-state index contributed by atoms with van der Waals surface area (Å²) in [4.78, 5) is 25.7. The summed E-state index contributed by atoms with van der Waals surface area (Å²) in [5, 5.41) is 11.4. The van der Waals surface area contributed by atoms with Crippen molar-refractivity contribution in [1.29, 1.82) is 0 Å². The van der Waals surface area contributed by atoms with Crippen molar-refractivity contribution in [3.05, 3.63) is 88.0 Å². The highest BCUT2D eigenvalue weighted by Crippen LogP contribution is 2.36. The largest absolute Gasteiger partial charge is 0.496 e. The van der Waals surface area contributed by atoms with Crippen LogP contribution in [0.4, 0.5) is 17.1 Å². The lowest BCUT2D eigenvalue weighted by Crippen LogP contribution is -2.31. The van der Waals surface area contributed by atoms with Crippen molar-refractivity contribution in [2.45, 2.75) is 12.8 Å². The average molecular weight is 404 g/mol. The number of hydrogen-bond donors (Lipinski definition) is 0. The number of nitrogens with zero attached hydrogens (tertiary/aromatic N) is 2. The molecule has 0 saturated heterocycles. The SMILES string of the molecule is COc1ccc(OCC(=O)N2c3ccccc3CCc3ccccc32)c([N+](=O)[O-])c1. The monoisotopic (exact) mass is 404 g/mol. The fourth-order valence-corrected chi connectivity index (χ4v) is 3.64. The van der Waals surface area contributed by atoms with Gasteiger partial charge in [-0.3, -0.25) is 19.8 Å². The number of nitro benzene ring substituents is 1. The van der Waals surface area contributed by atoms with Gasteiger partial charge in [0.1, 0.15) is 5.75 Å². The van der Waals surface area contributed by atoms with Crippen LogP contribution in [0.3, 0.4) is 0 Å². The molecule has 7 heteroatoms. The second kappa shape index (κ2) is 8.24. The number of ether oxygens (including phenoxy) is 2. The van der Waals surface area contributed by atoms with Crippen LogP contribution in [0.2, 0.25) is 0 Å². The number of aryl methyl sites for hydroxylation is 2. The third kappa shape index (κ3) is 3.69. The molecule has 0 fully saturated rings. The van der Waals surface area contributed by atoms with Crippen molar-refractivity contribution in [2.75, 3.05) is 18.6 Å². The number of rotatable bonds is 5. The Morgan fingerprint density at radius 3 is 2.17 bits per heavy atom. The number of anilines is 2. The van der Waals surface area contributed by atoms with Crippen molar-refractivity contribution in [1.82, 2.24) is 0 Å². The van der Waals surface area contributed by atoms with Crippen LogP contribution in [0.15, 0.2) is 66.7 Å². The van der Waals surface area contributed by atoms with Crippen LogP contribution in [-0.4, -0.2) is 24.5 Å². The third-order valence-electron chi connectivity index (χ3n) is 5.09. The molecule has 0 atom stereocenters. The zero-order valence-corrected chi connectivity index (χ0v) is 16.4. The number of hydrogen-bond acceptors (Lipinski definition) is 5. The Hall–Kier alpha value is -3.87. The number of carbonyl (C=O) groups excluding carboxylic acids is 1. The Kier molecular flexibility index (Phi) is 5.34. The van der Waals surface area contributed by atoms with Gasteiger partial charge in [-0.25, -0.2) is 0 Å². The van der Waals surface area contributed by atoms with Crippen LogP contribution in [0.5, 0.6) is 11.5 Å². The topological polar surface area (TPSA) is 81.9 Å². The lowest BCUT2D eigenvalue weighted by molar-refractivity contribution is -0.385. The zero-order chi connectivity index (χ0) is 21.1. The van der Waals surface area contributed by atoms with E-state index < -0.39 is 4.92 Å². The Morgan fingerprint density at radius 1 is 1.00 bits per heavy atom. The van der Waals surface area contributed by atoms with E-state index in [4.69, 9.17) is 9.47 Å². The molecule has 3 aromatic rings. The number of fused-ring (bicyclic) bond motifs is 2. The molecule has 0 radical (unpaired) electrons. The van der Waals surface area contributed by atoms with Gasteiger partial charge in [0.25, 0.3) is 5.91 Å². The molecular formula is C23H20N2O5.